The van der Waals surface area contributed by atoms with Gasteiger partial charge in [-0.25, -0.2) is 5.43 Å². The number of rotatable bonds is 5. The van der Waals surface area contributed by atoms with Gasteiger partial charge in [-0.2, -0.15) is 5.10 Å². The number of hydrogen-bond donors (Lipinski definition) is 1. The zero-order valence-corrected chi connectivity index (χ0v) is 14.9. The monoisotopic (exact) mass is 351 g/mol. The van der Waals surface area contributed by atoms with Crippen molar-refractivity contribution < 1.29 is 14.3 Å². The Hall–Kier alpha value is -3.15. The number of nitrogens with zero attached hydrogens (tertiary/aromatic N) is 2. The van der Waals surface area contributed by atoms with Gasteiger partial charge in [-0.1, -0.05) is 12.1 Å². The van der Waals surface area contributed by atoms with Gasteiger partial charge in [0.2, 0.25) is 5.91 Å². The lowest BCUT2D eigenvalue weighted by Crippen LogP contribution is -2.24. The summed E-state index contributed by atoms with van der Waals surface area (Å²) in [6.45, 7) is 2.56. The van der Waals surface area contributed by atoms with Gasteiger partial charge in [-0.15, -0.1) is 0 Å². The summed E-state index contributed by atoms with van der Waals surface area (Å²) >= 11 is 0. The molecule has 0 saturated carbocycles. The maximum atomic E-state index is 12.2. The van der Waals surface area contributed by atoms with Crippen LogP contribution in [0.4, 0.5) is 5.69 Å². The van der Waals surface area contributed by atoms with E-state index in [1.54, 1.807) is 36.3 Å². The highest BCUT2D eigenvalue weighted by Crippen LogP contribution is 2.22. The highest BCUT2D eigenvalue weighted by molar-refractivity contribution is 6.02. The van der Waals surface area contributed by atoms with E-state index in [-0.39, 0.29) is 11.8 Å². The second-order valence-electron chi connectivity index (χ2n) is 6.07. The molecule has 1 aliphatic heterocycles. The summed E-state index contributed by atoms with van der Waals surface area (Å²) in [6.07, 6.45) is 1.48. The molecular formula is C20H21N3O3. The highest BCUT2D eigenvalue weighted by Gasteiger charge is 2.21. The summed E-state index contributed by atoms with van der Waals surface area (Å²) in [6, 6.07) is 14.4. The Labute approximate surface area is 152 Å². The quantitative estimate of drug-likeness (QED) is 0.665. The van der Waals surface area contributed by atoms with Gasteiger partial charge in [0.1, 0.15) is 5.75 Å². The fraction of sp³-hybridized carbons (Fsp3) is 0.250. The first-order chi connectivity index (χ1) is 12.6. The molecule has 1 aliphatic rings. The third-order valence-corrected chi connectivity index (χ3v) is 4.33. The molecule has 26 heavy (non-hydrogen) atoms. The first kappa shape index (κ1) is 17.7. The molecule has 2 aromatic rings. The van der Waals surface area contributed by atoms with Crippen LogP contribution >= 0.6 is 0 Å². The number of amides is 2. The average molecular weight is 351 g/mol. The predicted octanol–water partition coefficient (Wildman–Crippen LogP) is 2.98. The molecule has 0 atom stereocenters. The molecule has 134 valence electrons. The molecule has 2 amide bonds. The molecule has 1 heterocycles. The van der Waals surface area contributed by atoms with E-state index in [2.05, 4.69) is 10.5 Å². The fourth-order valence-corrected chi connectivity index (χ4v) is 2.83. The Balaban J connectivity index is 1.70. The second kappa shape index (κ2) is 7.82. The lowest BCUT2D eigenvalue weighted by atomic mass is 10.1. The van der Waals surface area contributed by atoms with Crippen LogP contribution in [0.2, 0.25) is 0 Å². The van der Waals surface area contributed by atoms with Crippen LogP contribution in [0.25, 0.3) is 0 Å². The van der Waals surface area contributed by atoms with Gasteiger partial charge in [0.05, 0.1) is 12.8 Å². The zero-order valence-electron chi connectivity index (χ0n) is 14.9. The Bertz CT molecular complexity index is 844. The van der Waals surface area contributed by atoms with Crippen LogP contribution in [0.5, 0.6) is 5.75 Å². The first-order valence-corrected chi connectivity index (χ1v) is 8.48. The lowest BCUT2D eigenvalue weighted by Gasteiger charge is -2.16. The van der Waals surface area contributed by atoms with E-state index in [0.717, 1.165) is 24.2 Å². The molecule has 6 nitrogen and oxygen atoms in total. The molecular weight excluding hydrogens is 330 g/mol. The van der Waals surface area contributed by atoms with Crippen molar-refractivity contribution in [1.29, 1.82) is 0 Å². The van der Waals surface area contributed by atoms with Crippen LogP contribution in [-0.4, -0.2) is 31.2 Å². The highest BCUT2D eigenvalue weighted by atomic mass is 16.5. The Morgan fingerprint density at radius 2 is 1.92 bits per heavy atom. The fourth-order valence-electron chi connectivity index (χ4n) is 2.83. The molecule has 1 fully saturated rings. The standard InChI is InChI=1S/C20H21N3O3/c1-14(21-22-20(25)15-8-10-18(26-2)11-9-15)16-5-3-6-17(13-16)23-12-4-7-19(23)24/h3,5-6,8-11,13H,4,7,12H2,1-2H3,(H,22,25)/b21-14-. The number of hydrogen-bond acceptors (Lipinski definition) is 4. The van der Waals surface area contributed by atoms with Gasteiger partial charge in [0, 0.05) is 24.2 Å². The lowest BCUT2D eigenvalue weighted by molar-refractivity contribution is -0.117. The van der Waals surface area contributed by atoms with E-state index in [9.17, 15) is 9.59 Å². The minimum atomic E-state index is -0.294. The molecule has 2 aromatic carbocycles. The van der Waals surface area contributed by atoms with Crippen LogP contribution in [0, 0.1) is 0 Å². The van der Waals surface area contributed by atoms with Crippen LogP contribution in [0.1, 0.15) is 35.7 Å². The molecule has 0 aliphatic carbocycles. The number of nitrogens with one attached hydrogen (secondary N) is 1. The summed E-state index contributed by atoms with van der Waals surface area (Å²) < 4.78 is 5.08. The van der Waals surface area contributed by atoms with Gasteiger partial charge in [-0.05, 0) is 55.3 Å². The SMILES string of the molecule is COc1ccc(C(=O)N/N=C(/C)c2cccc(N3CCCC3=O)c2)cc1. The van der Waals surface area contributed by atoms with Gasteiger partial charge >= 0.3 is 0 Å². The minimum absolute atomic E-state index is 0.143. The average Bonchev–Trinajstić information content (AvgIpc) is 3.12. The summed E-state index contributed by atoms with van der Waals surface area (Å²) in [5.41, 5.74) is 5.45. The van der Waals surface area contributed by atoms with E-state index in [4.69, 9.17) is 4.74 Å². The molecule has 0 bridgehead atoms. The minimum Gasteiger partial charge on any atom is -0.497 e. The van der Waals surface area contributed by atoms with Crippen molar-refractivity contribution in [1.82, 2.24) is 5.43 Å². The van der Waals surface area contributed by atoms with Gasteiger partial charge in [0.25, 0.3) is 5.91 Å². The van der Waals surface area contributed by atoms with Crippen molar-refractivity contribution in [2.24, 2.45) is 5.10 Å². The largest absolute Gasteiger partial charge is 0.497 e. The molecule has 0 spiro atoms. The van der Waals surface area contributed by atoms with Gasteiger partial charge < -0.3 is 9.64 Å². The molecule has 0 aromatic heterocycles. The smallest absolute Gasteiger partial charge is 0.271 e. The maximum Gasteiger partial charge on any atom is 0.271 e. The summed E-state index contributed by atoms with van der Waals surface area (Å²) in [5, 5.41) is 4.18. The number of ether oxygens (including phenoxy) is 1. The number of benzene rings is 2. The van der Waals surface area contributed by atoms with Gasteiger partial charge in [0.15, 0.2) is 0 Å². The van der Waals surface area contributed by atoms with Crippen LogP contribution in [-0.2, 0) is 4.79 Å². The zero-order chi connectivity index (χ0) is 18.5. The van der Waals surface area contributed by atoms with Crippen molar-refractivity contribution in [2.75, 3.05) is 18.6 Å². The predicted molar refractivity (Wildman–Crippen MR) is 101 cm³/mol. The molecule has 3 rings (SSSR count). The van der Waals surface area contributed by atoms with Crippen molar-refractivity contribution in [3.8, 4) is 5.75 Å². The van der Waals surface area contributed by atoms with Gasteiger partial charge in [-0.3, -0.25) is 9.59 Å². The van der Waals surface area contributed by atoms with E-state index in [1.165, 1.54) is 0 Å². The van der Waals surface area contributed by atoms with Crippen LogP contribution in [0.3, 0.4) is 0 Å². The maximum absolute atomic E-state index is 12.2. The molecule has 1 N–H and O–H groups in total. The number of hydrazone groups is 1. The number of anilines is 1. The normalized spacial score (nSPS) is 14.5. The van der Waals surface area contributed by atoms with Crippen molar-refractivity contribution in [2.45, 2.75) is 19.8 Å². The van der Waals surface area contributed by atoms with E-state index < -0.39 is 0 Å². The molecule has 1 saturated heterocycles. The summed E-state index contributed by atoms with van der Waals surface area (Å²) in [4.78, 5) is 25.9. The van der Waals surface area contributed by atoms with Crippen LogP contribution < -0.4 is 15.1 Å². The first-order valence-electron chi connectivity index (χ1n) is 8.48. The molecule has 6 heteroatoms. The van der Waals surface area contributed by atoms with E-state index in [0.29, 0.717) is 23.4 Å². The Morgan fingerprint density at radius 1 is 1.15 bits per heavy atom. The topological polar surface area (TPSA) is 71.0 Å². The Morgan fingerprint density at radius 3 is 2.58 bits per heavy atom. The number of carbonyl (C=O) groups excluding carboxylic acids is 2. The number of methoxy groups -OCH3 is 1. The number of carbonyl (C=O) groups is 2. The third kappa shape index (κ3) is 3.91. The molecule has 0 unspecified atom stereocenters. The summed E-state index contributed by atoms with van der Waals surface area (Å²) in [7, 11) is 1.58. The van der Waals surface area contributed by atoms with E-state index >= 15 is 0 Å². The second-order valence-corrected chi connectivity index (χ2v) is 6.07. The van der Waals surface area contributed by atoms with Crippen LogP contribution in [0.15, 0.2) is 53.6 Å². The van der Waals surface area contributed by atoms with Crippen molar-refractivity contribution >= 4 is 23.2 Å². The molecule has 0 radical (unpaired) electrons. The van der Waals surface area contributed by atoms with Crippen molar-refractivity contribution in [3.63, 3.8) is 0 Å². The summed E-state index contributed by atoms with van der Waals surface area (Å²) in [5.74, 6) is 0.539. The third-order valence-electron chi connectivity index (χ3n) is 4.33. The Kier molecular flexibility index (Phi) is 5.31. The van der Waals surface area contributed by atoms with Crippen molar-refractivity contribution in [3.05, 3.63) is 59.7 Å². The van der Waals surface area contributed by atoms with E-state index in [1.807, 2.05) is 31.2 Å².